The van der Waals surface area contributed by atoms with E-state index in [4.69, 9.17) is 4.74 Å². The van der Waals surface area contributed by atoms with Gasteiger partial charge in [-0.05, 0) is 62.9 Å². The van der Waals surface area contributed by atoms with Crippen LogP contribution in [0, 0.1) is 11.6 Å². The molecule has 162 valence electrons. The Balaban J connectivity index is 1.77. The van der Waals surface area contributed by atoms with E-state index in [0.717, 1.165) is 36.3 Å². The Morgan fingerprint density at radius 2 is 1.55 bits per heavy atom. The largest absolute Gasteiger partial charge is 0.491 e. The number of nitrogens with zero attached hydrogens (tertiary/aromatic N) is 2. The molecule has 2 heterocycles. The lowest BCUT2D eigenvalue weighted by atomic mass is 10.0. The Morgan fingerprint density at radius 1 is 0.871 bits per heavy atom. The van der Waals surface area contributed by atoms with Crippen molar-refractivity contribution in [1.29, 1.82) is 0 Å². The number of ether oxygens (including phenoxy) is 1. The van der Waals surface area contributed by atoms with Crippen LogP contribution in [-0.4, -0.2) is 35.9 Å². The first kappa shape index (κ1) is 21.0. The van der Waals surface area contributed by atoms with Gasteiger partial charge < -0.3 is 9.64 Å². The summed E-state index contributed by atoms with van der Waals surface area (Å²) in [6.45, 7) is 5.17. The minimum absolute atomic E-state index is 0.00697. The van der Waals surface area contributed by atoms with Crippen LogP contribution in [0.5, 0.6) is 5.75 Å². The Bertz CT molecular complexity index is 1040. The molecule has 1 saturated heterocycles. The standard InChI is InChI=1S/C24H24F2N2O3/c1-15(2)31-18-9-6-16(7-10-18)21-22(27-12-4-3-5-13-27)24(30)28(23(21)29)17-8-11-19(25)20(26)14-17/h6-11,14-15H,3-5,12-13H2,1-2H3. The van der Waals surface area contributed by atoms with Crippen molar-refractivity contribution in [3.05, 3.63) is 65.4 Å². The topological polar surface area (TPSA) is 49.9 Å². The highest BCUT2D eigenvalue weighted by molar-refractivity contribution is 6.45. The average Bonchev–Trinajstić information content (AvgIpc) is 3.01. The smallest absolute Gasteiger partial charge is 0.282 e. The molecule has 0 unspecified atom stereocenters. The summed E-state index contributed by atoms with van der Waals surface area (Å²) in [5, 5.41) is 0. The van der Waals surface area contributed by atoms with Gasteiger partial charge in [-0.25, -0.2) is 13.7 Å². The van der Waals surface area contributed by atoms with Crippen LogP contribution in [0.15, 0.2) is 48.2 Å². The summed E-state index contributed by atoms with van der Waals surface area (Å²) in [6, 6.07) is 10.0. The maximum Gasteiger partial charge on any atom is 0.282 e. The lowest BCUT2D eigenvalue weighted by Crippen LogP contribution is -2.37. The molecule has 2 aromatic rings. The molecule has 1 fully saturated rings. The van der Waals surface area contributed by atoms with Crippen molar-refractivity contribution < 1.29 is 23.1 Å². The second-order valence-electron chi connectivity index (χ2n) is 8.01. The van der Waals surface area contributed by atoms with Crippen LogP contribution >= 0.6 is 0 Å². The van der Waals surface area contributed by atoms with Crippen molar-refractivity contribution in [3.8, 4) is 5.75 Å². The molecule has 0 aliphatic carbocycles. The molecule has 0 bridgehead atoms. The minimum atomic E-state index is -1.11. The number of amides is 2. The Hall–Kier alpha value is -3.22. The summed E-state index contributed by atoms with van der Waals surface area (Å²) >= 11 is 0. The van der Waals surface area contributed by atoms with Gasteiger partial charge in [-0.2, -0.15) is 0 Å². The van der Waals surface area contributed by atoms with E-state index in [2.05, 4.69) is 0 Å². The fourth-order valence-corrected chi connectivity index (χ4v) is 4.02. The van der Waals surface area contributed by atoms with Crippen LogP contribution in [0.25, 0.3) is 5.57 Å². The lowest BCUT2D eigenvalue weighted by Gasteiger charge is -2.29. The van der Waals surface area contributed by atoms with E-state index in [1.807, 2.05) is 18.7 Å². The molecule has 0 atom stereocenters. The Labute approximate surface area is 179 Å². The number of imide groups is 1. The van der Waals surface area contributed by atoms with E-state index in [9.17, 15) is 18.4 Å². The minimum Gasteiger partial charge on any atom is -0.491 e. The SMILES string of the molecule is CC(C)Oc1ccc(C2=C(N3CCCCC3)C(=O)N(c3ccc(F)c(F)c3)C2=O)cc1. The third-order valence-corrected chi connectivity index (χ3v) is 5.41. The van der Waals surface area contributed by atoms with Gasteiger partial charge in [0.1, 0.15) is 11.4 Å². The van der Waals surface area contributed by atoms with Gasteiger partial charge in [-0.1, -0.05) is 12.1 Å². The molecule has 2 aromatic carbocycles. The van der Waals surface area contributed by atoms with Crippen molar-refractivity contribution in [1.82, 2.24) is 4.90 Å². The van der Waals surface area contributed by atoms with Crippen molar-refractivity contribution in [3.63, 3.8) is 0 Å². The zero-order valence-corrected chi connectivity index (χ0v) is 17.5. The van der Waals surface area contributed by atoms with Crippen LogP contribution in [0.3, 0.4) is 0 Å². The molecule has 5 nitrogen and oxygen atoms in total. The third-order valence-electron chi connectivity index (χ3n) is 5.41. The summed E-state index contributed by atoms with van der Waals surface area (Å²) in [5.74, 6) is -2.55. The average molecular weight is 426 g/mol. The number of carbonyl (C=O) groups excluding carboxylic acids is 2. The number of hydrogen-bond donors (Lipinski definition) is 0. The third kappa shape index (κ3) is 4.04. The molecule has 2 amide bonds. The van der Waals surface area contributed by atoms with Crippen LogP contribution in [-0.2, 0) is 9.59 Å². The summed E-state index contributed by atoms with van der Waals surface area (Å²) < 4.78 is 32.9. The zero-order valence-electron chi connectivity index (χ0n) is 17.5. The second-order valence-corrected chi connectivity index (χ2v) is 8.01. The first-order valence-electron chi connectivity index (χ1n) is 10.5. The monoisotopic (exact) mass is 426 g/mol. The van der Waals surface area contributed by atoms with Gasteiger partial charge in [0.15, 0.2) is 11.6 Å². The van der Waals surface area contributed by atoms with E-state index in [1.165, 1.54) is 6.07 Å². The molecular formula is C24H24F2N2O3. The summed E-state index contributed by atoms with van der Waals surface area (Å²) in [7, 11) is 0. The molecule has 0 N–H and O–H groups in total. The second kappa shape index (κ2) is 8.49. The van der Waals surface area contributed by atoms with Gasteiger partial charge in [0.2, 0.25) is 0 Å². The number of benzene rings is 2. The van der Waals surface area contributed by atoms with Gasteiger partial charge in [0.25, 0.3) is 11.8 Å². The number of piperidine rings is 1. The van der Waals surface area contributed by atoms with Gasteiger partial charge >= 0.3 is 0 Å². The first-order valence-corrected chi connectivity index (χ1v) is 10.5. The maximum absolute atomic E-state index is 13.8. The van der Waals surface area contributed by atoms with E-state index >= 15 is 0 Å². The number of anilines is 1. The number of rotatable bonds is 5. The molecule has 0 spiro atoms. The maximum atomic E-state index is 13.8. The van der Waals surface area contributed by atoms with E-state index in [0.29, 0.717) is 30.1 Å². The van der Waals surface area contributed by atoms with Gasteiger partial charge in [0.05, 0.1) is 17.4 Å². The van der Waals surface area contributed by atoms with Gasteiger partial charge in [-0.15, -0.1) is 0 Å². The van der Waals surface area contributed by atoms with Crippen molar-refractivity contribution in [2.45, 2.75) is 39.2 Å². The molecule has 7 heteroatoms. The highest BCUT2D eigenvalue weighted by Gasteiger charge is 2.42. The highest BCUT2D eigenvalue weighted by Crippen LogP contribution is 2.36. The van der Waals surface area contributed by atoms with Crippen LogP contribution in [0.1, 0.15) is 38.7 Å². The van der Waals surface area contributed by atoms with E-state index in [1.54, 1.807) is 24.3 Å². The van der Waals surface area contributed by atoms with E-state index in [-0.39, 0.29) is 17.4 Å². The molecule has 0 radical (unpaired) electrons. The molecule has 0 saturated carbocycles. The quantitative estimate of drug-likeness (QED) is 0.660. The van der Waals surface area contributed by atoms with E-state index < -0.39 is 23.4 Å². The molecule has 2 aliphatic heterocycles. The van der Waals surface area contributed by atoms with Crippen molar-refractivity contribution >= 4 is 23.1 Å². The summed E-state index contributed by atoms with van der Waals surface area (Å²) in [5.41, 5.74) is 1.18. The van der Waals surface area contributed by atoms with Crippen LogP contribution < -0.4 is 9.64 Å². The number of hydrogen-bond acceptors (Lipinski definition) is 4. The predicted molar refractivity (Wildman–Crippen MR) is 113 cm³/mol. The molecular weight excluding hydrogens is 402 g/mol. The number of carbonyl (C=O) groups is 2. The number of halogens is 2. The fourth-order valence-electron chi connectivity index (χ4n) is 4.02. The van der Waals surface area contributed by atoms with Gasteiger partial charge in [-0.3, -0.25) is 9.59 Å². The lowest BCUT2D eigenvalue weighted by molar-refractivity contribution is -0.120. The molecule has 2 aliphatic rings. The zero-order chi connectivity index (χ0) is 22.1. The van der Waals surface area contributed by atoms with Crippen molar-refractivity contribution in [2.75, 3.05) is 18.0 Å². The number of likely N-dealkylation sites (tertiary alicyclic amines) is 1. The summed E-state index contributed by atoms with van der Waals surface area (Å²) in [6.07, 6.45) is 2.91. The van der Waals surface area contributed by atoms with Crippen LogP contribution in [0.4, 0.5) is 14.5 Å². The normalized spacial score (nSPS) is 17.2. The Morgan fingerprint density at radius 3 is 2.16 bits per heavy atom. The predicted octanol–water partition coefficient (Wildman–Crippen LogP) is 4.52. The molecule has 4 rings (SSSR count). The van der Waals surface area contributed by atoms with Crippen LogP contribution in [0.2, 0.25) is 0 Å². The molecule has 0 aromatic heterocycles. The summed E-state index contributed by atoms with van der Waals surface area (Å²) in [4.78, 5) is 29.6. The Kier molecular flexibility index (Phi) is 5.76. The highest BCUT2D eigenvalue weighted by atomic mass is 19.2. The fraction of sp³-hybridized carbons (Fsp3) is 0.333. The van der Waals surface area contributed by atoms with Crippen molar-refractivity contribution in [2.24, 2.45) is 0 Å². The van der Waals surface area contributed by atoms with Gasteiger partial charge in [0, 0.05) is 19.2 Å². The first-order chi connectivity index (χ1) is 14.9. The molecule has 31 heavy (non-hydrogen) atoms.